The number of nitrogens with two attached hydrogens (primary N) is 1. The van der Waals surface area contributed by atoms with Gasteiger partial charge in [-0.2, -0.15) is 0 Å². The summed E-state index contributed by atoms with van der Waals surface area (Å²) >= 11 is 0. The smallest absolute Gasteiger partial charge is 0.333 e. The Labute approximate surface area is 81.8 Å². The highest BCUT2D eigenvalue weighted by Gasteiger charge is 2.35. The van der Waals surface area contributed by atoms with Crippen molar-refractivity contribution < 1.29 is 9.90 Å². The average Bonchev–Trinajstić information content (AvgIpc) is 2.60. The van der Waals surface area contributed by atoms with Gasteiger partial charge < -0.3 is 16.2 Å². The van der Waals surface area contributed by atoms with Gasteiger partial charge in [-0.15, -0.1) is 0 Å². The first kappa shape index (κ1) is 9.02. The number of allylic oxidation sites excluding steroid dienone is 2. The van der Waals surface area contributed by atoms with E-state index in [0.717, 1.165) is 5.57 Å². The number of carbonyl (C=O) groups is 1. The van der Waals surface area contributed by atoms with Crippen molar-refractivity contribution in [2.45, 2.75) is 6.04 Å². The first-order valence-corrected chi connectivity index (χ1v) is 4.50. The van der Waals surface area contributed by atoms with E-state index < -0.39 is 5.97 Å². The number of hydrogen-bond donors (Lipinski definition) is 3. The molecule has 2 rings (SSSR count). The van der Waals surface area contributed by atoms with Gasteiger partial charge in [-0.25, -0.2) is 4.79 Å². The van der Waals surface area contributed by atoms with Crippen LogP contribution in [0.1, 0.15) is 0 Å². The number of aliphatic carboxylic acids is 1. The molecule has 2 aliphatic rings. The Morgan fingerprint density at radius 2 is 2.43 bits per heavy atom. The fourth-order valence-electron chi connectivity index (χ4n) is 1.95. The molecule has 0 saturated carbocycles. The second-order valence-electron chi connectivity index (χ2n) is 3.41. The highest BCUT2D eigenvalue weighted by atomic mass is 16.4. The van der Waals surface area contributed by atoms with Crippen LogP contribution in [0.5, 0.6) is 0 Å². The third-order valence-electron chi connectivity index (χ3n) is 2.64. The maximum atomic E-state index is 10.9. The van der Waals surface area contributed by atoms with Crippen LogP contribution in [0.4, 0.5) is 0 Å². The van der Waals surface area contributed by atoms with Gasteiger partial charge in [0, 0.05) is 18.7 Å². The molecular formula is C10H12N2O2. The molecule has 14 heavy (non-hydrogen) atoms. The predicted molar refractivity (Wildman–Crippen MR) is 52.4 cm³/mol. The maximum absolute atomic E-state index is 10.9. The Morgan fingerprint density at radius 3 is 3.07 bits per heavy atom. The minimum Gasteiger partial charge on any atom is -0.478 e. The zero-order valence-corrected chi connectivity index (χ0v) is 7.60. The number of nitrogens with one attached hydrogen (secondary N) is 1. The zero-order chi connectivity index (χ0) is 10.1. The van der Waals surface area contributed by atoms with Crippen molar-refractivity contribution in [2.75, 3.05) is 6.54 Å². The van der Waals surface area contributed by atoms with Crippen molar-refractivity contribution in [3.05, 3.63) is 35.6 Å². The molecule has 1 aliphatic carbocycles. The second kappa shape index (κ2) is 3.31. The van der Waals surface area contributed by atoms with E-state index in [1.807, 2.05) is 18.2 Å². The van der Waals surface area contributed by atoms with Crippen molar-refractivity contribution in [3.8, 4) is 0 Å². The van der Waals surface area contributed by atoms with Crippen molar-refractivity contribution in [2.24, 2.45) is 11.7 Å². The minimum atomic E-state index is -0.875. The standard InChI is InChI=1S/C10H12N2O2/c11-4-6-2-1-3-8-9(6)7(5-12-8)10(13)14/h1-3,5,8-9,12H,4,11H2,(H,13,14). The summed E-state index contributed by atoms with van der Waals surface area (Å²) in [6.07, 6.45) is 7.33. The van der Waals surface area contributed by atoms with Crippen molar-refractivity contribution >= 4 is 5.97 Å². The van der Waals surface area contributed by atoms with Crippen LogP contribution in [0.3, 0.4) is 0 Å². The third kappa shape index (κ3) is 1.24. The molecule has 1 heterocycles. The molecule has 74 valence electrons. The van der Waals surface area contributed by atoms with Crippen LogP contribution in [0.15, 0.2) is 35.6 Å². The summed E-state index contributed by atoms with van der Waals surface area (Å²) in [4.78, 5) is 10.9. The van der Waals surface area contributed by atoms with Gasteiger partial charge >= 0.3 is 5.97 Å². The lowest BCUT2D eigenvalue weighted by Gasteiger charge is -2.23. The molecule has 0 aromatic carbocycles. The van der Waals surface area contributed by atoms with E-state index in [2.05, 4.69) is 5.32 Å². The molecule has 0 saturated heterocycles. The Balaban J connectivity index is 2.32. The minimum absolute atomic E-state index is 0.0599. The molecule has 0 radical (unpaired) electrons. The van der Waals surface area contributed by atoms with Crippen LogP contribution in [0.2, 0.25) is 0 Å². The lowest BCUT2D eigenvalue weighted by molar-refractivity contribution is -0.133. The van der Waals surface area contributed by atoms with Gasteiger partial charge in [0.05, 0.1) is 11.6 Å². The topological polar surface area (TPSA) is 75.3 Å². The normalized spacial score (nSPS) is 28.9. The average molecular weight is 192 g/mol. The molecule has 0 aromatic rings. The SMILES string of the molecule is NCC1=CC=CC2NC=C(C(=O)O)C12. The summed E-state index contributed by atoms with van der Waals surface area (Å²) in [7, 11) is 0. The molecule has 0 spiro atoms. The molecule has 0 bridgehead atoms. The Morgan fingerprint density at radius 1 is 1.64 bits per heavy atom. The number of rotatable bonds is 2. The van der Waals surface area contributed by atoms with Crippen molar-refractivity contribution in [1.82, 2.24) is 5.32 Å². The lowest BCUT2D eigenvalue weighted by atomic mass is 9.84. The summed E-state index contributed by atoms with van der Waals surface area (Å²) in [6, 6.07) is 0.0599. The molecule has 4 N–H and O–H groups in total. The highest BCUT2D eigenvalue weighted by molar-refractivity contribution is 5.89. The van der Waals surface area contributed by atoms with E-state index in [1.165, 1.54) is 0 Å². The summed E-state index contributed by atoms with van der Waals surface area (Å²) in [5.41, 5.74) is 6.94. The van der Waals surface area contributed by atoms with Gasteiger partial charge in [0.25, 0.3) is 0 Å². The van der Waals surface area contributed by atoms with E-state index in [-0.39, 0.29) is 12.0 Å². The number of fused-ring (bicyclic) bond motifs is 1. The van der Waals surface area contributed by atoms with Crippen LogP contribution in [-0.4, -0.2) is 23.7 Å². The molecule has 4 nitrogen and oxygen atoms in total. The van der Waals surface area contributed by atoms with E-state index in [4.69, 9.17) is 10.8 Å². The van der Waals surface area contributed by atoms with Crippen LogP contribution in [-0.2, 0) is 4.79 Å². The van der Waals surface area contributed by atoms with E-state index in [1.54, 1.807) is 6.20 Å². The van der Waals surface area contributed by atoms with E-state index in [9.17, 15) is 4.79 Å². The first-order chi connectivity index (χ1) is 6.74. The molecule has 0 aromatic heterocycles. The van der Waals surface area contributed by atoms with Crippen molar-refractivity contribution in [3.63, 3.8) is 0 Å². The Hall–Kier alpha value is -1.55. The number of carboxylic acids is 1. The Kier molecular flexibility index (Phi) is 2.13. The van der Waals surface area contributed by atoms with E-state index >= 15 is 0 Å². The van der Waals surface area contributed by atoms with Gasteiger partial charge in [-0.3, -0.25) is 0 Å². The molecular weight excluding hydrogens is 180 g/mol. The molecule has 1 aliphatic heterocycles. The monoisotopic (exact) mass is 192 g/mol. The molecule has 4 heteroatoms. The summed E-state index contributed by atoms with van der Waals surface area (Å²) < 4.78 is 0. The fourth-order valence-corrected chi connectivity index (χ4v) is 1.95. The van der Waals surface area contributed by atoms with Gasteiger partial charge in [0.1, 0.15) is 0 Å². The zero-order valence-electron chi connectivity index (χ0n) is 7.60. The van der Waals surface area contributed by atoms with Gasteiger partial charge in [-0.1, -0.05) is 18.2 Å². The number of carboxylic acid groups (broad SMARTS) is 1. The highest BCUT2D eigenvalue weighted by Crippen LogP contribution is 2.31. The largest absolute Gasteiger partial charge is 0.478 e. The molecule has 0 fully saturated rings. The van der Waals surface area contributed by atoms with E-state index in [0.29, 0.717) is 12.1 Å². The summed E-state index contributed by atoms with van der Waals surface area (Å²) in [6.45, 7) is 0.401. The molecule has 0 amide bonds. The quantitative estimate of drug-likeness (QED) is 0.575. The van der Waals surface area contributed by atoms with Crippen LogP contribution >= 0.6 is 0 Å². The number of hydrogen-bond acceptors (Lipinski definition) is 3. The Bertz CT molecular complexity index is 355. The van der Waals surface area contributed by atoms with Crippen LogP contribution in [0.25, 0.3) is 0 Å². The summed E-state index contributed by atoms with van der Waals surface area (Å²) in [5.74, 6) is -0.970. The lowest BCUT2D eigenvalue weighted by Crippen LogP contribution is -2.32. The second-order valence-corrected chi connectivity index (χ2v) is 3.41. The van der Waals surface area contributed by atoms with Gasteiger partial charge in [0.15, 0.2) is 0 Å². The van der Waals surface area contributed by atoms with Gasteiger partial charge in [0.2, 0.25) is 0 Å². The van der Waals surface area contributed by atoms with Crippen LogP contribution in [0, 0.1) is 5.92 Å². The molecule has 2 unspecified atom stereocenters. The fraction of sp³-hybridized carbons (Fsp3) is 0.300. The first-order valence-electron chi connectivity index (χ1n) is 4.50. The molecule has 2 atom stereocenters. The van der Waals surface area contributed by atoms with Gasteiger partial charge in [-0.05, 0) is 5.57 Å². The summed E-state index contributed by atoms with van der Waals surface area (Å²) in [5, 5.41) is 12.0. The predicted octanol–water partition coefficient (Wildman–Crippen LogP) is -0.00220. The van der Waals surface area contributed by atoms with Crippen molar-refractivity contribution in [1.29, 1.82) is 0 Å². The maximum Gasteiger partial charge on any atom is 0.333 e. The third-order valence-corrected chi connectivity index (χ3v) is 2.64. The van der Waals surface area contributed by atoms with Crippen LogP contribution < -0.4 is 11.1 Å².